The lowest BCUT2D eigenvalue weighted by Gasteiger charge is -2.12. The second-order valence-electron chi connectivity index (χ2n) is 7.73. The van der Waals surface area contributed by atoms with Crippen LogP contribution in [0.25, 0.3) is 17.0 Å². The number of thioether (sulfide) groups is 1. The highest BCUT2D eigenvalue weighted by atomic mass is 35.5. The van der Waals surface area contributed by atoms with Gasteiger partial charge >= 0.3 is 0 Å². The van der Waals surface area contributed by atoms with Crippen molar-refractivity contribution in [1.82, 2.24) is 9.47 Å². The van der Waals surface area contributed by atoms with Crippen LogP contribution in [0.3, 0.4) is 0 Å². The molecule has 2 heterocycles. The number of nitrogens with zero attached hydrogens (tertiary/aromatic N) is 2. The van der Waals surface area contributed by atoms with Crippen LogP contribution in [0.15, 0.2) is 83.9 Å². The van der Waals surface area contributed by atoms with Gasteiger partial charge in [-0.1, -0.05) is 77.8 Å². The van der Waals surface area contributed by atoms with E-state index in [-0.39, 0.29) is 17.7 Å². The molecule has 4 nitrogen and oxygen atoms in total. The number of hydrogen-bond donors (Lipinski definition) is 0. The van der Waals surface area contributed by atoms with Gasteiger partial charge in [-0.2, -0.15) is 0 Å². The molecule has 1 aromatic heterocycles. The van der Waals surface area contributed by atoms with Gasteiger partial charge < -0.3 is 4.57 Å². The van der Waals surface area contributed by atoms with Gasteiger partial charge in [0.15, 0.2) is 0 Å². The third-order valence-corrected chi connectivity index (χ3v) is 7.15. The second kappa shape index (κ2) is 9.10. The van der Waals surface area contributed by atoms with Crippen molar-refractivity contribution in [2.75, 3.05) is 0 Å². The Morgan fingerprint density at radius 3 is 2.36 bits per heavy atom. The molecule has 3 aromatic carbocycles. The summed E-state index contributed by atoms with van der Waals surface area (Å²) in [5, 5.41) is 1.55. The first-order chi connectivity index (χ1) is 16.0. The van der Waals surface area contributed by atoms with Crippen molar-refractivity contribution < 1.29 is 9.59 Å². The molecule has 33 heavy (non-hydrogen) atoms. The van der Waals surface area contributed by atoms with Crippen LogP contribution in [0.2, 0.25) is 10.0 Å². The van der Waals surface area contributed by atoms with Crippen LogP contribution in [-0.2, 0) is 17.9 Å². The fraction of sp³-hybridized carbons (Fsp3) is 0.0769. The summed E-state index contributed by atoms with van der Waals surface area (Å²) in [6, 6.07) is 23.4. The van der Waals surface area contributed by atoms with E-state index in [2.05, 4.69) is 22.8 Å². The van der Waals surface area contributed by atoms with E-state index in [0.717, 1.165) is 33.8 Å². The molecule has 2 amide bonds. The summed E-state index contributed by atoms with van der Waals surface area (Å²) in [6.07, 6.45) is 3.84. The monoisotopic (exact) mass is 492 g/mol. The minimum atomic E-state index is -0.309. The van der Waals surface area contributed by atoms with Gasteiger partial charge in [-0.05, 0) is 47.2 Å². The topological polar surface area (TPSA) is 42.3 Å². The lowest BCUT2D eigenvalue weighted by molar-refractivity contribution is -0.123. The third-order valence-electron chi connectivity index (χ3n) is 5.50. The summed E-state index contributed by atoms with van der Waals surface area (Å²) in [7, 11) is 0. The van der Waals surface area contributed by atoms with Crippen molar-refractivity contribution in [2.24, 2.45) is 0 Å². The largest absolute Gasteiger partial charge is 0.342 e. The molecule has 0 aliphatic carbocycles. The van der Waals surface area contributed by atoms with Gasteiger partial charge in [0, 0.05) is 29.2 Å². The number of carbonyl (C=O) groups is 2. The molecule has 0 atom stereocenters. The van der Waals surface area contributed by atoms with Crippen LogP contribution in [-0.4, -0.2) is 20.6 Å². The van der Waals surface area contributed by atoms with Gasteiger partial charge in [-0.15, -0.1) is 0 Å². The molecule has 0 radical (unpaired) electrons. The van der Waals surface area contributed by atoms with Gasteiger partial charge in [0.05, 0.1) is 21.5 Å². The summed E-state index contributed by atoms with van der Waals surface area (Å²) in [6.45, 7) is 0.864. The van der Waals surface area contributed by atoms with E-state index in [4.69, 9.17) is 23.2 Å². The highest BCUT2D eigenvalue weighted by molar-refractivity contribution is 8.18. The van der Waals surface area contributed by atoms with Crippen molar-refractivity contribution in [1.29, 1.82) is 0 Å². The van der Waals surface area contributed by atoms with Crippen LogP contribution < -0.4 is 0 Å². The number of imide groups is 1. The summed E-state index contributed by atoms with van der Waals surface area (Å²) in [5.41, 5.74) is 3.91. The average molecular weight is 493 g/mol. The number of amides is 2. The van der Waals surface area contributed by atoms with E-state index in [1.54, 1.807) is 18.2 Å². The average Bonchev–Trinajstić information content (AvgIpc) is 3.29. The number of para-hydroxylation sites is 1. The van der Waals surface area contributed by atoms with E-state index in [0.29, 0.717) is 21.5 Å². The summed E-state index contributed by atoms with van der Waals surface area (Å²) >= 11 is 13.0. The maximum atomic E-state index is 13.1. The first-order valence-electron chi connectivity index (χ1n) is 10.3. The smallest absolute Gasteiger partial charge is 0.293 e. The summed E-state index contributed by atoms with van der Waals surface area (Å²) in [4.78, 5) is 27.3. The van der Waals surface area contributed by atoms with Crippen LogP contribution in [0.5, 0.6) is 0 Å². The maximum Gasteiger partial charge on any atom is 0.293 e. The van der Waals surface area contributed by atoms with Gasteiger partial charge in [0.25, 0.3) is 11.1 Å². The number of benzene rings is 3. The molecule has 0 spiro atoms. The maximum absolute atomic E-state index is 13.1. The second-order valence-corrected chi connectivity index (χ2v) is 9.54. The SMILES string of the molecule is O=C1S/C(=C\c2cn(Cc3ccccc3)c3ccccc23)C(=O)N1Cc1ccc(Cl)c(Cl)c1. The van der Waals surface area contributed by atoms with Crippen molar-refractivity contribution >= 4 is 63.1 Å². The van der Waals surface area contributed by atoms with E-state index in [1.807, 2.05) is 48.7 Å². The van der Waals surface area contributed by atoms with E-state index >= 15 is 0 Å². The van der Waals surface area contributed by atoms with Crippen molar-refractivity contribution in [3.05, 3.63) is 111 Å². The van der Waals surface area contributed by atoms with Crippen molar-refractivity contribution in [3.8, 4) is 0 Å². The Labute approximate surface area is 205 Å². The number of rotatable bonds is 5. The van der Waals surface area contributed by atoms with Crippen molar-refractivity contribution in [3.63, 3.8) is 0 Å². The van der Waals surface area contributed by atoms with Crippen LogP contribution in [0, 0.1) is 0 Å². The summed E-state index contributed by atoms with van der Waals surface area (Å²) < 4.78 is 2.16. The molecule has 164 valence electrons. The fourth-order valence-electron chi connectivity index (χ4n) is 3.90. The standard InChI is InChI=1S/C26H18Cl2N2O2S/c27-21-11-10-18(12-22(21)28)15-30-25(31)24(33-26(30)32)13-19-16-29(14-17-6-2-1-3-7-17)23-9-5-4-8-20(19)23/h1-13,16H,14-15H2/b24-13-. The quantitative estimate of drug-likeness (QED) is 0.276. The van der Waals surface area contributed by atoms with Crippen LogP contribution in [0.1, 0.15) is 16.7 Å². The number of hydrogen-bond acceptors (Lipinski definition) is 3. The van der Waals surface area contributed by atoms with Crippen LogP contribution >= 0.6 is 35.0 Å². The Bertz CT molecular complexity index is 1410. The predicted molar refractivity (Wildman–Crippen MR) is 135 cm³/mol. The number of carbonyl (C=O) groups excluding carboxylic acids is 2. The molecular formula is C26H18Cl2N2O2S. The first kappa shape index (κ1) is 21.8. The van der Waals surface area contributed by atoms with Crippen LogP contribution in [0.4, 0.5) is 4.79 Å². The Hall–Kier alpha value is -2.99. The molecule has 1 aliphatic rings. The zero-order chi connectivity index (χ0) is 22.9. The molecule has 0 unspecified atom stereocenters. The van der Waals surface area contributed by atoms with E-state index in [1.165, 1.54) is 10.5 Å². The van der Waals surface area contributed by atoms with Gasteiger partial charge in [0.1, 0.15) is 0 Å². The molecule has 5 rings (SSSR count). The predicted octanol–water partition coefficient (Wildman–Crippen LogP) is 7.23. The van der Waals surface area contributed by atoms with Crippen molar-refractivity contribution in [2.45, 2.75) is 13.1 Å². The first-order valence-corrected chi connectivity index (χ1v) is 11.9. The van der Waals surface area contributed by atoms with Gasteiger partial charge in [-0.3, -0.25) is 14.5 Å². The molecular weight excluding hydrogens is 475 g/mol. The van der Waals surface area contributed by atoms with E-state index in [9.17, 15) is 9.59 Å². The normalized spacial score (nSPS) is 15.2. The number of halogens is 2. The zero-order valence-electron chi connectivity index (χ0n) is 17.4. The highest BCUT2D eigenvalue weighted by Gasteiger charge is 2.35. The van der Waals surface area contributed by atoms with E-state index < -0.39 is 0 Å². The molecule has 4 aromatic rings. The minimum absolute atomic E-state index is 0.147. The summed E-state index contributed by atoms with van der Waals surface area (Å²) in [5.74, 6) is -0.309. The molecule has 0 N–H and O–H groups in total. The molecule has 1 aliphatic heterocycles. The number of fused-ring (bicyclic) bond motifs is 1. The Kier molecular flexibility index (Phi) is 6.02. The Morgan fingerprint density at radius 1 is 0.818 bits per heavy atom. The molecule has 0 bridgehead atoms. The molecule has 1 saturated heterocycles. The highest BCUT2D eigenvalue weighted by Crippen LogP contribution is 2.35. The molecule has 1 fully saturated rings. The molecule has 7 heteroatoms. The third kappa shape index (κ3) is 4.44. The lowest BCUT2D eigenvalue weighted by atomic mass is 10.1. The lowest BCUT2D eigenvalue weighted by Crippen LogP contribution is -2.27. The zero-order valence-corrected chi connectivity index (χ0v) is 19.7. The van der Waals surface area contributed by atoms with Gasteiger partial charge in [-0.25, -0.2) is 0 Å². The molecule has 0 saturated carbocycles. The Balaban J connectivity index is 1.45. The minimum Gasteiger partial charge on any atom is -0.342 e. The number of aromatic nitrogens is 1. The Morgan fingerprint density at radius 2 is 1.58 bits per heavy atom. The van der Waals surface area contributed by atoms with Gasteiger partial charge in [0.2, 0.25) is 0 Å². The fourth-order valence-corrected chi connectivity index (χ4v) is 5.05.